The number of nitro groups is 1. The number of carbonyl (C=O) groups excluding carboxylic acids is 2. The maximum Gasteiger partial charge on any atom is 0.282 e. The lowest BCUT2D eigenvalue weighted by molar-refractivity contribution is -0.385. The zero-order valence-electron chi connectivity index (χ0n) is 11.6. The summed E-state index contributed by atoms with van der Waals surface area (Å²) in [4.78, 5) is 33.3. The number of carbonyl (C=O) groups is 2. The lowest BCUT2D eigenvalue weighted by Crippen LogP contribution is -2.35. The highest BCUT2D eigenvalue weighted by atomic mass is 16.6. The summed E-state index contributed by atoms with van der Waals surface area (Å²) in [5, 5.41) is 33.3. The average molecular weight is 314 g/mol. The van der Waals surface area contributed by atoms with Crippen LogP contribution in [-0.2, 0) is 4.79 Å². The van der Waals surface area contributed by atoms with Gasteiger partial charge in [-0.15, -0.1) is 0 Å². The molecule has 0 aliphatic carbocycles. The molecule has 0 aromatic heterocycles. The summed E-state index contributed by atoms with van der Waals surface area (Å²) < 4.78 is 0. The Morgan fingerprint density at radius 3 is 2.61 bits per heavy atom. The topological polar surface area (TPSA) is 161 Å². The van der Waals surface area contributed by atoms with Crippen LogP contribution >= 0.6 is 0 Å². The molecule has 1 aromatic carbocycles. The van der Waals surface area contributed by atoms with Crippen LogP contribution in [-0.4, -0.2) is 29.5 Å². The maximum atomic E-state index is 11.8. The van der Waals surface area contributed by atoms with Crippen LogP contribution in [0, 0.1) is 38.7 Å². The van der Waals surface area contributed by atoms with Crippen molar-refractivity contribution in [3.8, 4) is 12.1 Å². The van der Waals surface area contributed by atoms with Crippen molar-refractivity contribution in [2.24, 2.45) is 11.0 Å². The minimum Gasteiger partial charge on any atom is -0.343 e. The molecular formula is C13H10N6O4. The Hall–Kier alpha value is -3.79. The van der Waals surface area contributed by atoms with Crippen molar-refractivity contribution in [2.45, 2.75) is 0 Å². The summed E-state index contributed by atoms with van der Waals surface area (Å²) in [6.45, 7) is -0.480. The molecule has 1 aromatic rings. The lowest BCUT2D eigenvalue weighted by atomic mass is 10.1. The number of hydrogen-bond donors (Lipinski definition) is 2. The van der Waals surface area contributed by atoms with E-state index in [0.717, 1.165) is 6.21 Å². The molecule has 23 heavy (non-hydrogen) atoms. The van der Waals surface area contributed by atoms with Crippen LogP contribution in [0.1, 0.15) is 10.4 Å². The third-order valence-electron chi connectivity index (χ3n) is 2.45. The molecule has 0 atom stereocenters. The summed E-state index contributed by atoms with van der Waals surface area (Å²) in [5.41, 5.74) is 1.45. The molecule has 0 unspecified atom stereocenters. The van der Waals surface area contributed by atoms with Gasteiger partial charge in [-0.3, -0.25) is 19.7 Å². The second kappa shape index (κ2) is 8.49. The average Bonchev–Trinajstić information content (AvgIpc) is 2.56. The van der Waals surface area contributed by atoms with Gasteiger partial charge in [-0.1, -0.05) is 12.1 Å². The minimum atomic E-state index is -1.10. The van der Waals surface area contributed by atoms with Crippen LogP contribution in [0.2, 0.25) is 0 Å². The number of hydrazone groups is 1. The fraction of sp³-hybridized carbons (Fsp3) is 0.154. The van der Waals surface area contributed by atoms with Crippen LogP contribution in [0.5, 0.6) is 0 Å². The van der Waals surface area contributed by atoms with E-state index in [0.29, 0.717) is 0 Å². The molecule has 0 heterocycles. The van der Waals surface area contributed by atoms with E-state index in [1.165, 1.54) is 24.3 Å². The molecule has 10 heteroatoms. The number of nitriles is 2. The van der Waals surface area contributed by atoms with Gasteiger partial charge in [-0.05, 0) is 6.07 Å². The standard InChI is InChI=1S/C13H10N6O4/c14-5-9(6-15)7-17-18-12(20)8-16-13(21)10-3-1-2-4-11(10)19(22)23/h1-4,7,9H,8H2,(H,16,21)(H,18,20)/b17-7-. The second-order valence-electron chi connectivity index (χ2n) is 4.01. The largest absolute Gasteiger partial charge is 0.343 e. The number of nitro benzene ring substituents is 1. The summed E-state index contributed by atoms with van der Waals surface area (Å²) in [5.74, 6) is -2.61. The van der Waals surface area contributed by atoms with E-state index in [1.54, 1.807) is 12.1 Å². The fourth-order valence-corrected chi connectivity index (χ4v) is 1.40. The van der Waals surface area contributed by atoms with Gasteiger partial charge in [0, 0.05) is 6.07 Å². The fourth-order valence-electron chi connectivity index (χ4n) is 1.40. The molecule has 0 aliphatic rings. The first-order valence-electron chi connectivity index (χ1n) is 6.12. The van der Waals surface area contributed by atoms with Crippen molar-refractivity contribution in [2.75, 3.05) is 6.54 Å². The van der Waals surface area contributed by atoms with E-state index >= 15 is 0 Å². The number of amides is 2. The Morgan fingerprint density at radius 1 is 1.35 bits per heavy atom. The van der Waals surface area contributed by atoms with Crippen molar-refractivity contribution < 1.29 is 14.5 Å². The highest BCUT2D eigenvalue weighted by molar-refractivity contribution is 5.99. The summed E-state index contributed by atoms with van der Waals surface area (Å²) >= 11 is 0. The predicted octanol–water partition coefficient (Wildman–Crippen LogP) is 0.0900. The van der Waals surface area contributed by atoms with Gasteiger partial charge >= 0.3 is 0 Å². The Balaban J connectivity index is 2.58. The highest BCUT2D eigenvalue weighted by Crippen LogP contribution is 2.16. The number of benzene rings is 1. The van der Waals surface area contributed by atoms with Crippen LogP contribution in [0.3, 0.4) is 0 Å². The van der Waals surface area contributed by atoms with Gasteiger partial charge in [0.15, 0.2) is 5.92 Å². The SMILES string of the molecule is N#CC(C#N)/C=N\NC(=O)CNC(=O)c1ccccc1[N+](=O)[O-]. The zero-order chi connectivity index (χ0) is 17.2. The molecule has 0 fully saturated rings. The number of hydrogen-bond acceptors (Lipinski definition) is 7. The number of para-hydroxylation sites is 1. The molecule has 2 N–H and O–H groups in total. The zero-order valence-corrected chi connectivity index (χ0v) is 11.6. The van der Waals surface area contributed by atoms with Gasteiger partial charge < -0.3 is 5.32 Å². The number of rotatable bonds is 6. The molecule has 0 saturated carbocycles. The predicted molar refractivity (Wildman–Crippen MR) is 76.8 cm³/mol. The van der Waals surface area contributed by atoms with Gasteiger partial charge in [0.25, 0.3) is 17.5 Å². The Kier molecular flexibility index (Phi) is 6.37. The summed E-state index contributed by atoms with van der Waals surface area (Å²) in [7, 11) is 0. The van der Waals surface area contributed by atoms with E-state index in [-0.39, 0.29) is 11.3 Å². The summed E-state index contributed by atoms with van der Waals surface area (Å²) in [6, 6.07) is 8.53. The quantitative estimate of drug-likeness (QED) is 0.429. The van der Waals surface area contributed by atoms with Crippen molar-refractivity contribution in [1.29, 1.82) is 10.5 Å². The third-order valence-corrected chi connectivity index (χ3v) is 2.45. The molecule has 10 nitrogen and oxygen atoms in total. The third kappa shape index (κ3) is 5.24. The first kappa shape index (κ1) is 17.3. The molecular weight excluding hydrogens is 304 g/mol. The Morgan fingerprint density at radius 2 is 2.00 bits per heavy atom. The molecule has 0 bridgehead atoms. The van der Waals surface area contributed by atoms with E-state index in [2.05, 4.69) is 10.4 Å². The van der Waals surface area contributed by atoms with Crippen LogP contribution in [0.4, 0.5) is 5.69 Å². The maximum absolute atomic E-state index is 11.8. The van der Waals surface area contributed by atoms with Crippen LogP contribution in [0.15, 0.2) is 29.4 Å². The monoisotopic (exact) mass is 314 g/mol. The molecule has 116 valence electrons. The van der Waals surface area contributed by atoms with E-state index < -0.39 is 29.2 Å². The van der Waals surface area contributed by atoms with Crippen LogP contribution < -0.4 is 10.7 Å². The highest BCUT2D eigenvalue weighted by Gasteiger charge is 2.19. The smallest absolute Gasteiger partial charge is 0.282 e. The van der Waals surface area contributed by atoms with Gasteiger partial charge in [-0.2, -0.15) is 15.6 Å². The first-order chi connectivity index (χ1) is 11.0. The Labute approximate surface area is 130 Å². The van der Waals surface area contributed by atoms with Crippen molar-refractivity contribution >= 4 is 23.7 Å². The lowest BCUT2D eigenvalue weighted by Gasteiger charge is -2.04. The normalized spacial score (nSPS) is 9.87. The minimum absolute atomic E-state index is 0.178. The van der Waals surface area contributed by atoms with E-state index in [9.17, 15) is 19.7 Å². The molecule has 2 amide bonds. The van der Waals surface area contributed by atoms with Gasteiger partial charge in [0.1, 0.15) is 5.56 Å². The molecule has 0 spiro atoms. The van der Waals surface area contributed by atoms with Crippen molar-refractivity contribution in [1.82, 2.24) is 10.7 Å². The van der Waals surface area contributed by atoms with Crippen molar-refractivity contribution in [3.05, 3.63) is 39.9 Å². The molecule has 0 radical (unpaired) electrons. The van der Waals surface area contributed by atoms with E-state index in [1.807, 2.05) is 5.43 Å². The molecule has 0 aliphatic heterocycles. The van der Waals surface area contributed by atoms with Gasteiger partial charge in [-0.25, -0.2) is 5.43 Å². The first-order valence-corrected chi connectivity index (χ1v) is 6.12. The number of nitrogens with one attached hydrogen (secondary N) is 2. The van der Waals surface area contributed by atoms with Gasteiger partial charge in [0.2, 0.25) is 0 Å². The van der Waals surface area contributed by atoms with Crippen molar-refractivity contribution in [3.63, 3.8) is 0 Å². The van der Waals surface area contributed by atoms with Gasteiger partial charge in [0.05, 0.1) is 29.8 Å². The Bertz CT molecular complexity index is 717. The molecule has 1 rings (SSSR count). The number of nitrogens with zero attached hydrogens (tertiary/aromatic N) is 4. The second-order valence-corrected chi connectivity index (χ2v) is 4.01. The molecule has 0 saturated heterocycles. The van der Waals surface area contributed by atoms with E-state index in [4.69, 9.17) is 10.5 Å². The summed E-state index contributed by atoms with van der Waals surface area (Å²) in [6.07, 6.45) is 0.932. The van der Waals surface area contributed by atoms with Crippen LogP contribution in [0.25, 0.3) is 0 Å².